The van der Waals surface area contributed by atoms with Crippen LogP contribution in [0.5, 0.6) is 0 Å². The van der Waals surface area contributed by atoms with Gasteiger partial charge in [-0.05, 0) is 81.2 Å². The summed E-state index contributed by atoms with van der Waals surface area (Å²) >= 11 is 3.65. The highest BCUT2D eigenvalue weighted by Crippen LogP contribution is 2.42. The Kier molecular flexibility index (Phi) is 6.07. The maximum atomic E-state index is 12.5. The summed E-state index contributed by atoms with van der Waals surface area (Å²) in [6, 6.07) is 0. The average Bonchev–Trinajstić information content (AvgIpc) is 3.03. The molecule has 1 aliphatic carbocycles. The van der Waals surface area contributed by atoms with E-state index in [2.05, 4.69) is 23.2 Å². The molecule has 0 spiro atoms. The molecule has 1 fully saturated rings. The molecule has 0 unspecified atom stereocenters. The van der Waals surface area contributed by atoms with Gasteiger partial charge < -0.3 is 10.2 Å². The minimum atomic E-state index is 0.124. The molecule has 4 rings (SSSR count). The number of rotatable bonds is 5. The first-order valence-electron chi connectivity index (χ1n) is 10.2. The minimum absolute atomic E-state index is 0.124. The number of aryl methyl sites for hydroxylation is 1. The topological polar surface area (TPSA) is 32.3 Å². The summed E-state index contributed by atoms with van der Waals surface area (Å²) < 4.78 is 0. The van der Waals surface area contributed by atoms with E-state index in [9.17, 15) is 4.79 Å². The molecule has 1 saturated heterocycles. The van der Waals surface area contributed by atoms with Crippen molar-refractivity contribution >= 4 is 35.1 Å². The minimum Gasteiger partial charge on any atom is -0.352 e. The third-order valence-corrected chi connectivity index (χ3v) is 8.18. The Balaban J connectivity index is 1.28. The van der Waals surface area contributed by atoms with Crippen LogP contribution in [0.3, 0.4) is 0 Å². The number of nitrogens with zero attached hydrogens (tertiary/aromatic N) is 1. The standard InChI is InChI=1S/C21H30N2OS2/c1-15-6-4-10-23(13-15)11-5-9-22-21(24)20-12-19-17(14-25-20)16-7-2-3-8-18(16)26-19/h12,15H,2-11,13-14H2,1H3,(H,22,24)/t15-/m1/s1. The molecule has 5 heteroatoms. The average molecular weight is 391 g/mol. The number of thiophene rings is 1. The van der Waals surface area contributed by atoms with E-state index < -0.39 is 0 Å². The number of amides is 1. The molecule has 1 amide bonds. The molecule has 0 bridgehead atoms. The fraction of sp³-hybridized carbons (Fsp3) is 0.667. The third kappa shape index (κ3) is 4.20. The van der Waals surface area contributed by atoms with E-state index >= 15 is 0 Å². The van der Waals surface area contributed by atoms with Gasteiger partial charge in [0.05, 0.1) is 4.91 Å². The number of hydrogen-bond donors (Lipinski definition) is 1. The van der Waals surface area contributed by atoms with Gasteiger partial charge in [-0.15, -0.1) is 23.1 Å². The maximum absolute atomic E-state index is 12.5. The van der Waals surface area contributed by atoms with E-state index in [1.54, 1.807) is 22.2 Å². The van der Waals surface area contributed by atoms with Crippen molar-refractivity contribution in [3.63, 3.8) is 0 Å². The van der Waals surface area contributed by atoms with Crippen LogP contribution in [0.1, 0.15) is 59.9 Å². The molecule has 3 heterocycles. The summed E-state index contributed by atoms with van der Waals surface area (Å²) in [5.74, 6) is 1.93. The number of likely N-dealkylation sites (tertiary alicyclic amines) is 1. The zero-order chi connectivity index (χ0) is 17.9. The van der Waals surface area contributed by atoms with E-state index in [0.717, 1.165) is 36.1 Å². The van der Waals surface area contributed by atoms with E-state index in [4.69, 9.17) is 0 Å². The Hall–Kier alpha value is -0.780. The summed E-state index contributed by atoms with van der Waals surface area (Å²) in [4.78, 5) is 18.9. The number of thioether (sulfide) groups is 1. The van der Waals surface area contributed by atoms with Crippen LogP contribution in [0, 0.1) is 5.92 Å². The summed E-state index contributed by atoms with van der Waals surface area (Å²) in [6.45, 7) is 6.69. The molecule has 1 atom stereocenters. The number of carbonyl (C=O) groups excluding carboxylic acids is 1. The molecule has 142 valence electrons. The number of hydrogen-bond acceptors (Lipinski definition) is 4. The van der Waals surface area contributed by atoms with Gasteiger partial charge in [0, 0.05) is 28.6 Å². The number of fused-ring (bicyclic) bond motifs is 3. The maximum Gasteiger partial charge on any atom is 0.257 e. The monoisotopic (exact) mass is 390 g/mol. The first-order valence-corrected chi connectivity index (χ1v) is 12.0. The molecule has 1 N–H and O–H groups in total. The fourth-order valence-corrected chi connectivity index (χ4v) is 7.01. The molecule has 0 radical (unpaired) electrons. The third-order valence-electron chi connectivity index (χ3n) is 5.85. The lowest BCUT2D eigenvalue weighted by Gasteiger charge is -2.30. The van der Waals surface area contributed by atoms with Gasteiger partial charge in [0.2, 0.25) is 0 Å². The van der Waals surface area contributed by atoms with Gasteiger partial charge in [-0.1, -0.05) is 6.92 Å². The lowest BCUT2D eigenvalue weighted by atomic mass is 9.95. The molecular weight excluding hydrogens is 360 g/mol. The summed E-state index contributed by atoms with van der Waals surface area (Å²) in [5, 5.41) is 3.15. The van der Waals surface area contributed by atoms with Crippen LogP contribution < -0.4 is 5.32 Å². The first-order chi connectivity index (χ1) is 12.7. The second kappa shape index (κ2) is 8.49. The summed E-state index contributed by atoms with van der Waals surface area (Å²) in [5.41, 5.74) is 3.13. The zero-order valence-electron chi connectivity index (χ0n) is 15.8. The van der Waals surface area contributed by atoms with Crippen molar-refractivity contribution in [1.29, 1.82) is 0 Å². The summed E-state index contributed by atoms with van der Waals surface area (Å²) in [6.07, 6.45) is 11.0. The molecule has 1 aromatic rings. The van der Waals surface area contributed by atoms with Gasteiger partial charge in [0.25, 0.3) is 5.91 Å². The Bertz CT molecular complexity index is 694. The molecule has 26 heavy (non-hydrogen) atoms. The molecule has 3 nitrogen and oxygen atoms in total. The number of piperidine rings is 1. The van der Waals surface area contributed by atoms with Gasteiger partial charge in [-0.3, -0.25) is 4.79 Å². The van der Waals surface area contributed by atoms with Crippen LogP contribution in [0.2, 0.25) is 0 Å². The van der Waals surface area contributed by atoms with Crippen molar-refractivity contribution in [2.24, 2.45) is 5.92 Å². The number of nitrogens with one attached hydrogen (secondary N) is 1. The van der Waals surface area contributed by atoms with Crippen molar-refractivity contribution in [3.05, 3.63) is 25.8 Å². The highest BCUT2D eigenvalue weighted by molar-refractivity contribution is 8.03. The van der Waals surface area contributed by atoms with E-state index in [0.29, 0.717) is 0 Å². The largest absolute Gasteiger partial charge is 0.352 e. The molecule has 2 aliphatic heterocycles. The van der Waals surface area contributed by atoms with Gasteiger partial charge in [0.15, 0.2) is 0 Å². The van der Waals surface area contributed by atoms with E-state index in [1.807, 2.05) is 11.3 Å². The fourth-order valence-electron chi connectivity index (χ4n) is 4.45. The molecule has 1 aromatic heterocycles. The lowest BCUT2D eigenvalue weighted by Crippen LogP contribution is -2.36. The van der Waals surface area contributed by atoms with Gasteiger partial charge >= 0.3 is 0 Å². The number of carbonyl (C=O) groups is 1. The van der Waals surface area contributed by atoms with Crippen molar-refractivity contribution < 1.29 is 4.79 Å². The Labute approximate surface area is 165 Å². The predicted octanol–water partition coefficient (Wildman–Crippen LogP) is 4.45. The molecular formula is C21H30N2OS2. The second-order valence-electron chi connectivity index (χ2n) is 8.01. The van der Waals surface area contributed by atoms with E-state index in [1.165, 1.54) is 62.1 Å². The Morgan fingerprint density at radius 2 is 2.15 bits per heavy atom. The van der Waals surface area contributed by atoms with Crippen molar-refractivity contribution in [2.45, 2.75) is 57.6 Å². The normalized spacial score (nSPS) is 23.1. The van der Waals surface area contributed by atoms with Crippen molar-refractivity contribution in [2.75, 3.05) is 26.2 Å². The van der Waals surface area contributed by atoms with Crippen molar-refractivity contribution in [1.82, 2.24) is 10.2 Å². The highest BCUT2D eigenvalue weighted by atomic mass is 32.2. The van der Waals surface area contributed by atoms with Gasteiger partial charge in [-0.25, -0.2) is 0 Å². The van der Waals surface area contributed by atoms with Gasteiger partial charge in [-0.2, -0.15) is 0 Å². The quantitative estimate of drug-likeness (QED) is 0.754. The molecule has 0 saturated carbocycles. The van der Waals surface area contributed by atoms with Crippen LogP contribution in [0.4, 0.5) is 0 Å². The Morgan fingerprint density at radius 1 is 1.27 bits per heavy atom. The molecule has 0 aromatic carbocycles. The molecule has 3 aliphatic rings. The first kappa shape index (κ1) is 18.6. The lowest BCUT2D eigenvalue weighted by molar-refractivity contribution is -0.116. The van der Waals surface area contributed by atoms with Gasteiger partial charge in [0.1, 0.15) is 0 Å². The Morgan fingerprint density at radius 3 is 3.04 bits per heavy atom. The SMILES string of the molecule is C[C@@H]1CCCN(CCCNC(=O)C2=Cc3sc4c(c3CS2)CCCC4)C1. The smallest absolute Gasteiger partial charge is 0.257 e. The van der Waals surface area contributed by atoms with Crippen LogP contribution in [0.15, 0.2) is 4.91 Å². The van der Waals surface area contributed by atoms with Crippen LogP contribution in [0.25, 0.3) is 6.08 Å². The predicted molar refractivity (Wildman–Crippen MR) is 113 cm³/mol. The summed E-state index contributed by atoms with van der Waals surface area (Å²) in [7, 11) is 0. The second-order valence-corrected chi connectivity index (χ2v) is 10.2. The van der Waals surface area contributed by atoms with Crippen LogP contribution in [-0.4, -0.2) is 37.0 Å². The zero-order valence-corrected chi connectivity index (χ0v) is 17.4. The highest BCUT2D eigenvalue weighted by Gasteiger charge is 2.25. The van der Waals surface area contributed by atoms with Crippen LogP contribution in [-0.2, 0) is 23.4 Å². The van der Waals surface area contributed by atoms with Crippen molar-refractivity contribution in [3.8, 4) is 0 Å². The van der Waals surface area contributed by atoms with E-state index in [-0.39, 0.29) is 5.91 Å². The van der Waals surface area contributed by atoms with Crippen LogP contribution >= 0.6 is 23.1 Å².